The minimum absolute atomic E-state index is 0.0326. The van der Waals surface area contributed by atoms with Gasteiger partial charge < -0.3 is 15.5 Å². The quantitative estimate of drug-likeness (QED) is 0.711. The molecule has 0 saturated heterocycles. The molecule has 78 valence electrons. The topological polar surface area (TPSA) is 69.6 Å². The summed E-state index contributed by atoms with van der Waals surface area (Å²) in [7, 11) is 0. The Balaban J connectivity index is 2.43. The molecule has 0 fully saturated rings. The van der Waals surface area contributed by atoms with Gasteiger partial charge in [-0.2, -0.15) is 0 Å². The average molecular weight is 236 g/mol. The number of aliphatic hydroxyl groups excluding tert-OH is 2. The van der Waals surface area contributed by atoms with E-state index in [1.807, 2.05) is 0 Å². The Morgan fingerprint density at radius 3 is 2.86 bits per heavy atom. The molecule has 0 saturated carbocycles. The minimum atomic E-state index is -0.922. The first-order chi connectivity index (χ1) is 6.63. The fourth-order valence-electron chi connectivity index (χ4n) is 0.799. The third-order valence-corrected chi connectivity index (χ3v) is 2.74. The minimum Gasteiger partial charge on any atom is -0.394 e. The van der Waals surface area contributed by atoms with Crippen molar-refractivity contribution >= 4 is 28.8 Å². The number of aliphatic hydroxyl groups is 2. The van der Waals surface area contributed by atoms with E-state index in [1.54, 1.807) is 12.1 Å². The van der Waals surface area contributed by atoms with Gasteiger partial charge in [-0.05, 0) is 12.1 Å². The van der Waals surface area contributed by atoms with Crippen molar-refractivity contribution in [2.45, 2.75) is 6.10 Å². The molecule has 3 N–H and O–H groups in total. The van der Waals surface area contributed by atoms with Gasteiger partial charge in [0.15, 0.2) is 0 Å². The second kappa shape index (κ2) is 5.31. The van der Waals surface area contributed by atoms with Crippen LogP contribution in [-0.2, 0) is 0 Å². The van der Waals surface area contributed by atoms with E-state index in [0.717, 1.165) is 11.3 Å². The number of carbonyl (C=O) groups is 1. The lowest BCUT2D eigenvalue weighted by Crippen LogP contribution is -2.33. The number of thiophene rings is 1. The monoisotopic (exact) mass is 235 g/mol. The smallest absolute Gasteiger partial charge is 0.261 e. The predicted octanol–water partition coefficient (Wildman–Crippen LogP) is 0.484. The number of amides is 1. The normalized spacial score (nSPS) is 12.5. The van der Waals surface area contributed by atoms with Crippen LogP contribution in [0.15, 0.2) is 12.1 Å². The molecule has 0 radical (unpaired) electrons. The number of carbonyl (C=O) groups excluding carboxylic acids is 1. The molecule has 0 aliphatic carbocycles. The largest absolute Gasteiger partial charge is 0.394 e. The summed E-state index contributed by atoms with van der Waals surface area (Å²) in [5.74, 6) is -0.297. The predicted molar refractivity (Wildman–Crippen MR) is 54.8 cm³/mol. The number of hydrogen-bond acceptors (Lipinski definition) is 4. The van der Waals surface area contributed by atoms with Crippen LogP contribution in [0.5, 0.6) is 0 Å². The Labute approximate surface area is 90.1 Å². The molecule has 1 amide bonds. The van der Waals surface area contributed by atoms with Gasteiger partial charge in [0.1, 0.15) is 0 Å². The van der Waals surface area contributed by atoms with Crippen molar-refractivity contribution in [3.8, 4) is 0 Å². The Morgan fingerprint density at radius 2 is 2.36 bits per heavy atom. The van der Waals surface area contributed by atoms with Crippen LogP contribution in [0, 0.1) is 0 Å². The number of rotatable bonds is 4. The molecule has 0 bridgehead atoms. The first-order valence-corrected chi connectivity index (χ1v) is 5.15. The van der Waals surface area contributed by atoms with Gasteiger partial charge in [0.2, 0.25) is 0 Å². The summed E-state index contributed by atoms with van der Waals surface area (Å²) in [5, 5.41) is 19.9. The van der Waals surface area contributed by atoms with Crippen molar-refractivity contribution in [3.05, 3.63) is 21.3 Å². The van der Waals surface area contributed by atoms with E-state index >= 15 is 0 Å². The molecule has 1 heterocycles. The average Bonchev–Trinajstić information content (AvgIpc) is 2.60. The Bertz CT molecular complexity index is 315. The maximum absolute atomic E-state index is 11.3. The summed E-state index contributed by atoms with van der Waals surface area (Å²) in [6.07, 6.45) is -0.922. The van der Waals surface area contributed by atoms with Gasteiger partial charge in [0.25, 0.3) is 5.91 Å². The van der Waals surface area contributed by atoms with E-state index in [4.69, 9.17) is 21.8 Å². The first kappa shape index (κ1) is 11.5. The van der Waals surface area contributed by atoms with Gasteiger partial charge in [0.05, 0.1) is 21.9 Å². The zero-order chi connectivity index (χ0) is 10.6. The van der Waals surface area contributed by atoms with Crippen LogP contribution in [0.3, 0.4) is 0 Å². The maximum atomic E-state index is 11.3. The van der Waals surface area contributed by atoms with Gasteiger partial charge >= 0.3 is 0 Å². The molecule has 4 nitrogen and oxygen atoms in total. The zero-order valence-corrected chi connectivity index (χ0v) is 8.81. The summed E-state index contributed by atoms with van der Waals surface area (Å²) in [6.45, 7) is -0.337. The molecule has 0 aromatic carbocycles. The molecule has 1 atom stereocenters. The van der Waals surface area contributed by atoms with E-state index in [0.29, 0.717) is 9.21 Å². The summed E-state index contributed by atoms with van der Waals surface area (Å²) in [6, 6.07) is 3.23. The van der Waals surface area contributed by atoms with Crippen molar-refractivity contribution in [2.75, 3.05) is 13.2 Å². The molecular formula is C8H10ClNO3S. The molecule has 0 aliphatic rings. The number of halogens is 1. The Kier molecular flexibility index (Phi) is 4.34. The van der Waals surface area contributed by atoms with Crippen molar-refractivity contribution in [2.24, 2.45) is 0 Å². The van der Waals surface area contributed by atoms with Crippen LogP contribution in [-0.4, -0.2) is 35.4 Å². The highest BCUT2D eigenvalue weighted by Gasteiger charge is 2.09. The van der Waals surface area contributed by atoms with E-state index < -0.39 is 6.10 Å². The lowest BCUT2D eigenvalue weighted by Gasteiger charge is -2.07. The lowest BCUT2D eigenvalue weighted by atomic mass is 10.3. The fourth-order valence-corrected chi connectivity index (χ4v) is 1.76. The van der Waals surface area contributed by atoms with Crippen molar-refractivity contribution in [1.82, 2.24) is 5.32 Å². The molecule has 1 rings (SSSR count). The van der Waals surface area contributed by atoms with Gasteiger partial charge in [0, 0.05) is 6.54 Å². The Morgan fingerprint density at radius 1 is 1.64 bits per heavy atom. The second-order valence-electron chi connectivity index (χ2n) is 2.65. The standard InChI is InChI=1S/C8H10ClNO3S/c9-7-2-1-6(14-7)8(13)10-3-5(12)4-11/h1-2,5,11-12H,3-4H2,(H,10,13). The fraction of sp³-hybridized carbons (Fsp3) is 0.375. The molecule has 14 heavy (non-hydrogen) atoms. The third kappa shape index (κ3) is 3.26. The highest BCUT2D eigenvalue weighted by atomic mass is 35.5. The van der Waals surface area contributed by atoms with Crippen molar-refractivity contribution in [3.63, 3.8) is 0 Å². The van der Waals surface area contributed by atoms with E-state index in [9.17, 15) is 4.79 Å². The highest BCUT2D eigenvalue weighted by molar-refractivity contribution is 7.17. The summed E-state index contributed by atoms with van der Waals surface area (Å²) in [4.78, 5) is 11.8. The van der Waals surface area contributed by atoms with Gasteiger partial charge in [-0.1, -0.05) is 11.6 Å². The van der Waals surface area contributed by atoms with Crippen molar-refractivity contribution in [1.29, 1.82) is 0 Å². The first-order valence-electron chi connectivity index (χ1n) is 3.96. The van der Waals surface area contributed by atoms with Crippen molar-refractivity contribution < 1.29 is 15.0 Å². The highest BCUT2D eigenvalue weighted by Crippen LogP contribution is 2.20. The second-order valence-corrected chi connectivity index (χ2v) is 4.37. The van der Waals surface area contributed by atoms with Gasteiger partial charge in [-0.3, -0.25) is 4.79 Å². The van der Waals surface area contributed by atoms with Crippen LogP contribution in [0.1, 0.15) is 9.67 Å². The van der Waals surface area contributed by atoms with E-state index in [2.05, 4.69) is 5.32 Å². The lowest BCUT2D eigenvalue weighted by molar-refractivity contribution is 0.0804. The van der Waals surface area contributed by atoms with Crippen LogP contribution < -0.4 is 5.32 Å². The molecule has 0 aliphatic heterocycles. The van der Waals surface area contributed by atoms with E-state index in [1.165, 1.54) is 0 Å². The SMILES string of the molecule is O=C(NCC(O)CO)c1ccc(Cl)s1. The van der Waals surface area contributed by atoms with Gasteiger partial charge in [-0.25, -0.2) is 0 Å². The maximum Gasteiger partial charge on any atom is 0.261 e. The van der Waals surface area contributed by atoms with Crippen LogP contribution in [0.25, 0.3) is 0 Å². The summed E-state index contributed by atoms with van der Waals surface area (Å²) in [5.41, 5.74) is 0. The molecule has 1 aromatic rings. The molecule has 1 unspecified atom stereocenters. The molecule has 1 aromatic heterocycles. The Hall–Kier alpha value is -0.620. The van der Waals surface area contributed by atoms with Crippen LogP contribution in [0.2, 0.25) is 4.34 Å². The van der Waals surface area contributed by atoms with E-state index in [-0.39, 0.29) is 19.1 Å². The summed E-state index contributed by atoms with van der Waals surface area (Å²) >= 11 is 6.81. The van der Waals surface area contributed by atoms with Crippen LogP contribution in [0.4, 0.5) is 0 Å². The van der Waals surface area contributed by atoms with Crippen LogP contribution >= 0.6 is 22.9 Å². The summed E-state index contributed by atoms with van der Waals surface area (Å²) < 4.78 is 0.540. The number of hydrogen-bond donors (Lipinski definition) is 3. The number of nitrogens with one attached hydrogen (secondary N) is 1. The zero-order valence-electron chi connectivity index (χ0n) is 7.24. The molecule has 6 heteroatoms. The molecular weight excluding hydrogens is 226 g/mol. The van der Waals surface area contributed by atoms with Gasteiger partial charge in [-0.15, -0.1) is 11.3 Å². The third-order valence-electron chi connectivity index (χ3n) is 1.51. The molecule has 0 spiro atoms.